The highest BCUT2D eigenvalue weighted by Gasteiger charge is 2.16. The van der Waals surface area contributed by atoms with E-state index in [1.165, 1.54) is 0 Å². The Bertz CT molecular complexity index is 1470. The number of nitrogens with one attached hydrogen (secondary N) is 1. The summed E-state index contributed by atoms with van der Waals surface area (Å²) in [5.41, 5.74) is 2.05. The first-order chi connectivity index (χ1) is 15.0. The zero-order chi connectivity index (χ0) is 21.5. The van der Waals surface area contributed by atoms with Crippen molar-refractivity contribution >= 4 is 45.1 Å². The largest absolute Gasteiger partial charge is 0.436 e. The topological polar surface area (TPSA) is 55.1 Å². The van der Waals surface area contributed by atoms with E-state index in [-0.39, 0.29) is 22.4 Å². The van der Waals surface area contributed by atoms with Crippen LogP contribution in [-0.2, 0) is 0 Å². The number of hydrogen-bond acceptors (Lipinski definition) is 3. The van der Waals surface area contributed by atoms with E-state index in [2.05, 4.69) is 10.3 Å². The van der Waals surface area contributed by atoms with Crippen molar-refractivity contribution in [2.75, 3.05) is 5.32 Å². The summed E-state index contributed by atoms with van der Waals surface area (Å²) in [6, 6.07) is 19.9. The van der Waals surface area contributed by atoms with Crippen LogP contribution >= 0.6 is 11.6 Å². The van der Waals surface area contributed by atoms with Gasteiger partial charge in [-0.3, -0.25) is 4.79 Å². The highest BCUT2D eigenvalue weighted by atomic mass is 35.5. The average molecular weight is 435 g/mol. The third-order valence-corrected chi connectivity index (χ3v) is 5.23. The number of hydrogen-bond donors (Lipinski definition) is 1. The summed E-state index contributed by atoms with van der Waals surface area (Å²) in [7, 11) is 0. The monoisotopic (exact) mass is 434 g/mol. The molecule has 1 aromatic heterocycles. The van der Waals surface area contributed by atoms with Gasteiger partial charge in [-0.1, -0.05) is 48.0 Å². The van der Waals surface area contributed by atoms with Crippen molar-refractivity contribution in [3.8, 4) is 11.5 Å². The molecule has 0 atom stereocenters. The van der Waals surface area contributed by atoms with Gasteiger partial charge < -0.3 is 9.73 Å². The molecule has 0 aliphatic carbocycles. The first-order valence-electron chi connectivity index (χ1n) is 9.34. The number of halogens is 3. The molecular formula is C24H13ClF2N2O2. The van der Waals surface area contributed by atoms with Crippen LogP contribution in [0.2, 0.25) is 5.02 Å². The number of fused-ring (bicyclic) bond motifs is 2. The van der Waals surface area contributed by atoms with E-state index in [1.54, 1.807) is 24.3 Å². The molecule has 0 unspecified atom stereocenters. The van der Waals surface area contributed by atoms with Gasteiger partial charge in [-0.15, -0.1) is 0 Å². The van der Waals surface area contributed by atoms with Crippen LogP contribution in [0.4, 0.5) is 14.5 Å². The lowest BCUT2D eigenvalue weighted by atomic mass is 10.0. The van der Waals surface area contributed by atoms with Gasteiger partial charge in [0.15, 0.2) is 17.2 Å². The first kappa shape index (κ1) is 19.2. The molecule has 4 nitrogen and oxygen atoms in total. The van der Waals surface area contributed by atoms with Crippen LogP contribution in [0.5, 0.6) is 0 Å². The van der Waals surface area contributed by atoms with E-state index in [1.807, 2.05) is 36.4 Å². The van der Waals surface area contributed by atoms with E-state index in [0.29, 0.717) is 22.4 Å². The molecule has 0 radical (unpaired) electrons. The van der Waals surface area contributed by atoms with E-state index < -0.39 is 11.6 Å². The zero-order valence-electron chi connectivity index (χ0n) is 15.8. The summed E-state index contributed by atoms with van der Waals surface area (Å²) in [6.45, 7) is 0. The van der Waals surface area contributed by atoms with Gasteiger partial charge >= 0.3 is 0 Å². The van der Waals surface area contributed by atoms with Gasteiger partial charge in [-0.2, -0.15) is 0 Å². The van der Waals surface area contributed by atoms with Crippen molar-refractivity contribution in [1.29, 1.82) is 0 Å². The molecule has 31 heavy (non-hydrogen) atoms. The Labute approximate surface area is 180 Å². The predicted octanol–water partition coefficient (Wildman–Crippen LogP) is 6.83. The maximum Gasteiger partial charge on any atom is 0.256 e. The van der Waals surface area contributed by atoms with E-state index in [4.69, 9.17) is 16.0 Å². The second-order valence-electron chi connectivity index (χ2n) is 6.93. The SMILES string of the molecule is O=C(Nc1ccc2oc(-c3cc(F)c(F)cc3Cl)nc2c1)c1cccc2ccccc12. The van der Waals surface area contributed by atoms with Crippen molar-refractivity contribution in [1.82, 2.24) is 4.98 Å². The second kappa shape index (κ2) is 7.49. The molecule has 4 aromatic carbocycles. The second-order valence-corrected chi connectivity index (χ2v) is 7.34. The van der Waals surface area contributed by atoms with Crippen LogP contribution in [0, 0.1) is 11.6 Å². The summed E-state index contributed by atoms with van der Waals surface area (Å²) in [6.07, 6.45) is 0. The van der Waals surface area contributed by atoms with Gasteiger partial charge in [-0.25, -0.2) is 13.8 Å². The molecular weight excluding hydrogens is 422 g/mol. The number of benzene rings is 4. The Balaban J connectivity index is 1.48. The average Bonchev–Trinajstić information content (AvgIpc) is 3.19. The molecule has 0 saturated carbocycles. The molecule has 0 bridgehead atoms. The fourth-order valence-electron chi connectivity index (χ4n) is 3.43. The van der Waals surface area contributed by atoms with Crippen LogP contribution in [0.1, 0.15) is 10.4 Å². The smallest absolute Gasteiger partial charge is 0.256 e. The summed E-state index contributed by atoms with van der Waals surface area (Å²) in [4.78, 5) is 17.2. The lowest BCUT2D eigenvalue weighted by Gasteiger charge is -2.08. The number of rotatable bonds is 3. The van der Waals surface area contributed by atoms with Crippen molar-refractivity contribution in [2.24, 2.45) is 0 Å². The summed E-state index contributed by atoms with van der Waals surface area (Å²) < 4.78 is 32.6. The lowest BCUT2D eigenvalue weighted by Crippen LogP contribution is -2.12. The number of carbonyl (C=O) groups is 1. The third-order valence-electron chi connectivity index (χ3n) is 4.92. The highest BCUT2D eigenvalue weighted by Crippen LogP contribution is 2.32. The quantitative estimate of drug-likeness (QED) is 0.316. The molecule has 5 aromatic rings. The molecule has 0 spiro atoms. The third kappa shape index (κ3) is 3.51. The van der Waals surface area contributed by atoms with Gasteiger partial charge in [0, 0.05) is 11.3 Å². The minimum Gasteiger partial charge on any atom is -0.436 e. The minimum atomic E-state index is -1.05. The molecule has 1 amide bonds. The van der Waals surface area contributed by atoms with Gasteiger partial charge in [-0.05, 0) is 47.2 Å². The van der Waals surface area contributed by atoms with Crippen molar-refractivity contribution in [3.05, 3.63) is 95.0 Å². The van der Waals surface area contributed by atoms with Crippen LogP contribution < -0.4 is 5.32 Å². The Kier molecular flexibility index (Phi) is 4.64. The normalized spacial score (nSPS) is 11.2. The summed E-state index contributed by atoms with van der Waals surface area (Å²) in [5, 5.41) is 4.66. The number of aromatic nitrogens is 1. The number of amides is 1. The molecule has 152 valence electrons. The van der Waals surface area contributed by atoms with Gasteiger partial charge in [0.1, 0.15) is 5.52 Å². The van der Waals surface area contributed by atoms with Crippen molar-refractivity contribution in [3.63, 3.8) is 0 Å². The molecule has 0 aliphatic heterocycles. The van der Waals surface area contributed by atoms with Crippen LogP contribution in [0.15, 0.2) is 77.2 Å². The Morgan fingerprint density at radius 3 is 2.58 bits per heavy atom. The van der Waals surface area contributed by atoms with E-state index >= 15 is 0 Å². The highest BCUT2D eigenvalue weighted by molar-refractivity contribution is 6.33. The van der Waals surface area contributed by atoms with Crippen LogP contribution in [-0.4, -0.2) is 10.9 Å². The van der Waals surface area contributed by atoms with Crippen LogP contribution in [0.3, 0.4) is 0 Å². The maximum atomic E-state index is 13.6. The van der Waals surface area contributed by atoms with Crippen LogP contribution in [0.25, 0.3) is 33.3 Å². The standard InChI is InChI=1S/C24H13ClF2N2O2/c25-18-12-20(27)19(26)11-17(18)24-29-21-10-14(8-9-22(21)31-24)28-23(30)16-7-3-5-13-4-1-2-6-15(13)16/h1-12H,(H,28,30). The van der Waals surface area contributed by atoms with Crippen molar-refractivity contribution < 1.29 is 18.0 Å². The van der Waals surface area contributed by atoms with E-state index in [9.17, 15) is 13.6 Å². The number of carbonyl (C=O) groups excluding carboxylic acids is 1. The van der Waals surface area contributed by atoms with Crippen molar-refractivity contribution in [2.45, 2.75) is 0 Å². The molecule has 5 rings (SSSR count). The fourth-order valence-corrected chi connectivity index (χ4v) is 3.66. The minimum absolute atomic E-state index is 0.0186. The molecule has 7 heteroatoms. The lowest BCUT2D eigenvalue weighted by molar-refractivity contribution is 0.102. The molecule has 1 N–H and O–H groups in total. The Hall–Kier alpha value is -3.77. The fraction of sp³-hybridized carbons (Fsp3) is 0. The van der Waals surface area contributed by atoms with Gasteiger partial charge in [0.2, 0.25) is 5.89 Å². The number of nitrogens with zero attached hydrogens (tertiary/aromatic N) is 1. The first-order valence-corrected chi connectivity index (χ1v) is 9.72. The molecule has 0 saturated heterocycles. The number of oxazole rings is 1. The van der Waals surface area contributed by atoms with Gasteiger partial charge in [0.05, 0.1) is 10.6 Å². The molecule has 1 heterocycles. The molecule has 0 aliphatic rings. The Morgan fingerprint density at radius 2 is 1.71 bits per heavy atom. The Morgan fingerprint density at radius 1 is 0.935 bits per heavy atom. The maximum absolute atomic E-state index is 13.6. The predicted molar refractivity (Wildman–Crippen MR) is 116 cm³/mol. The summed E-state index contributed by atoms with van der Waals surface area (Å²) >= 11 is 6.02. The zero-order valence-corrected chi connectivity index (χ0v) is 16.6. The van der Waals surface area contributed by atoms with E-state index in [0.717, 1.165) is 22.9 Å². The summed E-state index contributed by atoms with van der Waals surface area (Å²) in [5.74, 6) is -2.31. The number of anilines is 1. The molecule has 0 fully saturated rings. The van der Waals surface area contributed by atoms with Gasteiger partial charge in [0.25, 0.3) is 5.91 Å².